The molecular weight excluding hydrogens is 358 g/mol. The van der Waals surface area contributed by atoms with Crippen LogP contribution in [-0.4, -0.2) is 23.3 Å². The second kappa shape index (κ2) is 10.8. The quantitative estimate of drug-likeness (QED) is 0.580. The lowest BCUT2D eigenvalue weighted by molar-refractivity contribution is -0.119. The van der Waals surface area contributed by atoms with Crippen molar-refractivity contribution in [3.8, 4) is 11.3 Å². The van der Waals surface area contributed by atoms with Gasteiger partial charge in [-0.3, -0.25) is 9.59 Å². The molecule has 1 aromatic carbocycles. The topological polar surface area (TPSA) is 71.1 Å². The van der Waals surface area contributed by atoms with E-state index in [0.717, 1.165) is 48.2 Å². The molecule has 0 aliphatic carbocycles. The van der Waals surface area contributed by atoms with Crippen LogP contribution in [0.2, 0.25) is 0 Å². The van der Waals surface area contributed by atoms with Gasteiger partial charge < -0.3 is 10.6 Å². The first kappa shape index (κ1) is 21.1. The number of benzene rings is 1. The summed E-state index contributed by atoms with van der Waals surface area (Å²) < 4.78 is 0. The highest BCUT2D eigenvalue weighted by Gasteiger charge is 2.12. The molecule has 0 spiro atoms. The molecular formula is C21H29N3O2S. The molecule has 0 atom stereocenters. The Morgan fingerprint density at radius 1 is 1.11 bits per heavy atom. The first-order chi connectivity index (χ1) is 13.0. The number of aromatic nitrogens is 1. The predicted molar refractivity (Wildman–Crippen MR) is 112 cm³/mol. The summed E-state index contributed by atoms with van der Waals surface area (Å²) in [7, 11) is 0. The van der Waals surface area contributed by atoms with E-state index in [-0.39, 0.29) is 11.8 Å². The van der Waals surface area contributed by atoms with E-state index in [1.807, 2.05) is 6.92 Å². The lowest BCUT2D eigenvalue weighted by Gasteiger charge is -2.03. The molecule has 0 aliphatic rings. The number of hydrogen-bond acceptors (Lipinski definition) is 4. The van der Waals surface area contributed by atoms with Gasteiger partial charge in [0, 0.05) is 30.3 Å². The van der Waals surface area contributed by atoms with Crippen molar-refractivity contribution in [2.24, 2.45) is 0 Å². The maximum absolute atomic E-state index is 12.1. The van der Waals surface area contributed by atoms with E-state index in [9.17, 15) is 9.59 Å². The van der Waals surface area contributed by atoms with Gasteiger partial charge in [0.15, 0.2) is 5.13 Å². The molecule has 1 heterocycles. The lowest BCUT2D eigenvalue weighted by atomic mass is 10.1. The number of hydrogen-bond donors (Lipinski definition) is 2. The normalized spacial score (nSPS) is 10.6. The Balaban J connectivity index is 1.83. The van der Waals surface area contributed by atoms with Crippen LogP contribution in [0.15, 0.2) is 24.3 Å². The molecule has 6 heteroatoms. The van der Waals surface area contributed by atoms with Crippen LogP contribution in [-0.2, 0) is 16.0 Å². The van der Waals surface area contributed by atoms with Crippen LogP contribution in [0.5, 0.6) is 0 Å². The monoisotopic (exact) mass is 387 g/mol. The Bertz CT molecular complexity index is 753. The van der Waals surface area contributed by atoms with Gasteiger partial charge in [0.2, 0.25) is 11.8 Å². The van der Waals surface area contributed by atoms with Gasteiger partial charge in [0.1, 0.15) is 0 Å². The van der Waals surface area contributed by atoms with Crippen LogP contribution < -0.4 is 10.6 Å². The number of unbranched alkanes of at least 4 members (excludes halogenated alkanes) is 2. The van der Waals surface area contributed by atoms with Crippen molar-refractivity contribution in [2.75, 3.05) is 11.9 Å². The molecule has 0 unspecified atom stereocenters. The van der Waals surface area contributed by atoms with Gasteiger partial charge in [-0.15, -0.1) is 11.3 Å². The number of aryl methyl sites for hydroxylation is 2. The third-order valence-electron chi connectivity index (χ3n) is 4.26. The Morgan fingerprint density at radius 2 is 1.85 bits per heavy atom. The van der Waals surface area contributed by atoms with Crippen molar-refractivity contribution in [1.29, 1.82) is 0 Å². The highest BCUT2D eigenvalue weighted by atomic mass is 32.1. The molecule has 5 nitrogen and oxygen atoms in total. The summed E-state index contributed by atoms with van der Waals surface area (Å²) in [4.78, 5) is 28.6. The molecule has 0 bridgehead atoms. The van der Waals surface area contributed by atoms with Crippen molar-refractivity contribution >= 4 is 28.3 Å². The maximum atomic E-state index is 12.1. The lowest BCUT2D eigenvalue weighted by Crippen LogP contribution is -2.20. The molecule has 0 radical (unpaired) electrons. The Kier molecular flexibility index (Phi) is 8.45. The van der Waals surface area contributed by atoms with Gasteiger partial charge >= 0.3 is 0 Å². The second-order valence-corrected chi connectivity index (χ2v) is 7.92. The smallest absolute Gasteiger partial charge is 0.226 e. The highest BCUT2D eigenvalue weighted by molar-refractivity contribution is 7.16. The fraction of sp³-hybridized carbons (Fsp3) is 0.476. The molecule has 0 saturated carbocycles. The van der Waals surface area contributed by atoms with Gasteiger partial charge in [-0.1, -0.05) is 44.0 Å². The fourth-order valence-corrected chi connectivity index (χ4v) is 3.72. The van der Waals surface area contributed by atoms with Crippen LogP contribution >= 0.6 is 11.3 Å². The number of nitrogens with zero attached hydrogens (tertiary/aromatic N) is 1. The standard InChI is InChI=1S/C21H29N3O2S/c1-4-8-17-10-12-18(13-11-17)20-15(2)27-21(24-20)23-19(26)9-6-5-7-14-22-16(3)25/h10-13H,4-9,14H2,1-3H3,(H,22,25)(H,23,24,26). The van der Waals surface area contributed by atoms with Crippen molar-refractivity contribution in [2.45, 2.75) is 59.3 Å². The molecule has 0 fully saturated rings. The van der Waals surface area contributed by atoms with E-state index in [1.165, 1.54) is 23.8 Å². The zero-order valence-corrected chi connectivity index (χ0v) is 17.2. The van der Waals surface area contributed by atoms with E-state index >= 15 is 0 Å². The highest BCUT2D eigenvalue weighted by Crippen LogP contribution is 2.30. The minimum absolute atomic E-state index is 0.00637. The SMILES string of the molecule is CCCc1ccc(-c2nc(NC(=O)CCCCCNC(C)=O)sc2C)cc1. The number of anilines is 1. The van der Waals surface area contributed by atoms with E-state index in [4.69, 9.17) is 0 Å². The molecule has 2 N–H and O–H groups in total. The summed E-state index contributed by atoms with van der Waals surface area (Å²) >= 11 is 1.51. The van der Waals surface area contributed by atoms with Crippen LogP contribution in [0.4, 0.5) is 5.13 Å². The minimum atomic E-state index is -0.0114. The van der Waals surface area contributed by atoms with Crippen LogP contribution in [0.3, 0.4) is 0 Å². The van der Waals surface area contributed by atoms with E-state index in [2.05, 4.69) is 46.8 Å². The molecule has 1 aromatic heterocycles. The Labute approximate surface area is 165 Å². The largest absolute Gasteiger partial charge is 0.356 e. The molecule has 0 saturated heterocycles. The first-order valence-electron chi connectivity index (χ1n) is 9.60. The average molecular weight is 388 g/mol. The molecule has 146 valence electrons. The minimum Gasteiger partial charge on any atom is -0.356 e. The Morgan fingerprint density at radius 3 is 2.52 bits per heavy atom. The van der Waals surface area contributed by atoms with Gasteiger partial charge in [-0.2, -0.15) is 0 Å². The molecule has 27 heavy (non-hydrogen) atoms. The van der Waals surface area contributed by atoms with Crippen molar-refractivity contribution in [3.05, 3.63) is 34.7 Å². The average Bonchev–Trinajstić information content (AvgIpc) is 2.99. The summed E-state index contributed by atoms with van der Waals surface area (Å²) in [6, 6.07) is 8.51. The van der Waals surface area contributed by atoms with Gasteiger partial charge in [0.25, 0.3) is 0 Å². The van der Waals surface area contributed by atoms with Gasteiger partial charge in [0.05, 0.1) is 5.69 Å². The summed E-state index contributed by atoms with van der Waals surface area (Å²) in [5.41, 5.74) is 3.36. The van der Waals surface area contributed by atoms with Gasteiger partial charge in [-0.05, 0) is 31.7 Å². The zero-order chi connectivity index (χ0) is 19.6. The van der Waals surface area contributed by atoms with Gasteiger partial charge in [-0.25, -0.2) is 4.98 Å². The van der Waals surface area contributed by atoms with Crippen LogP contribution in [0, 0.1) is 6.92 Å². The van der Waals surface area contributed by atoms with Crippen molar-refractivity contribution < 1.29 is 9.59 Å². The molecule has 2 aromatic rings. The fourth-order valence-electron chi connectivity index (χ4n) is 2.87. The summed E-state index contributed by atoms with van der Waals surface area (Å²) in [5, 5.41) is 6.33. The first-order valence-corrected chi connectivity index (χ1v) is 10.4. The molecule has 0 aliphatic heterocycles. The van der Waals surface area contributed by atoms with E-state index < -0.39 is 0 Å². The van der Waals surface area contributed by atoms with E-state index in [1.54, 1.807) is 0 Å². The van der Waals surface area contributed by atoms with Crippen molar-refractivity contribution in [1.82, 2.24) is 10.3 Å². The zero-order valence-electron chi connectivity index (χ0n) is 16.4. The number of carbonyl (C=O) groups is 2. The number of nitrogens with one attached hydrogen (secondary N) is 2. The van der Waals surface area contributed by atoms with Crippen molar-refractivity contribution in [3.63, 3.8) is 0 Å². The van der Waals surface area contributed by atoms with E-state index in [0.29, 0.717) is 18.1 Å². The second-order valence-electron chi connectivity index (χ2n) is 6.71. The molecule has 2 rings (SSSR count). The summed E-state index contributed by atoms with van der Waals surface area (Å²) in [6.45, 7) is 6.39. The number of carbonyl (C=O) groups excluding carboxylic acids is 2. The number of rotatable bonds is 10. The number of amides is 2. The Hall–Kier alpha value is -2.21. The van der Waals surface area contributed by atoms with Crippen LogP contribution in [0.1, 0.15) is 56.4 Å². The predicted octanol–water partition coefficient (Wildman–Crippen LogP) is 4.71. The van der Waals surface area contributed by atoms with Crippen LogP contribution in [0.25, 0.3) is 11.3 Å². The summed E-state index contributed by atoms with van der Waals surface area (Å²) in [5.74, 6) is -0.0178. The summed E-state index contributed by atoms with van der Waals surface area (Å²) in [6.07, 6.45) is 5.31. The molecule has 2 amide bonds. The third-order valence-corrected chi connectivity index (χ3v) is 5.15. The third kappa shape index (κ3) is 7.13. The maximum Gasteiger partial charge on any atom is 0.226 e. The number of thiazole rings is 1.